The van der Waals surface area contributed by atoms with E-state index < -0.39 is 11.7 Å². The van der Waals surface area contributed by atoms with Crippen LogP contribution in [-0.4, -0.2) is 10.9 Å². The van der Waals surface area contributed by atoms with E-state index in [1.807, 2.05) is 6.07 Å². The third-order valence-corrected chi connectivity index (χ3v) is 3.48. The molecule has 0 aliphatic heterocycles. The molecule has 2 aromatic rings. The van der Waals surface area contributed by atoms with Crippen LogP contribution in [0.5, 0.6) is 0 Å². The van der Waals surface area contributed by atoms with E-state index in [0.29, 0.717) is 0 Å². The Balaban J connectivity index is 2.09. The second-order valence-electron chi connectivity index (χ2n) is 4.35. The summed E-state index contributed by atoms with van der Waals surface area (Å²) < 4.78 is 13.3. The van der Waals surface area contributed by atoms with E-state index in [1.54, 1.807) is 18.2 Å². The first-order valence-electron chi connectivity index (χ1n) is 6.10. The van der Waals surface area contributed by atoms with Gasteiger partial charge < -0.3 is 11.1 Å². The molecule has 0 atom stereocenters. The van der Waals surface area contributed by atoms with Crippen molar-refractivity contribution < 1.29 is 9.18 Å². The van der Waals surface area contributed by atoms with Crippen LogP contribution in [0.4, 0.5) is 4.39 Å². The zero-order valence-corrected chi connectivity index (χ0v) is 12.5. The molecule has 2 aromatic carbocycles. The van der Waals surface area contributed by atoms with Gasteiger partial charge in [0.25, 0.3) is 5.91 Å². The van der Waals surface area contributed by atoms with Gasteiger partial charge in [-0.15, -0.1) is 0 Å². The highest BCUT2D eigenvalue weighted by atomic mass is 35.5. The monoisotopic (exact) mass is 322 g/mol. The van der Waals surface area contributed by atoms with Crippen LogP contribution >= 0.6 is 23.8 Å². The van der Waals surface area contributed by atoms with Gasteiger partial charge in [0.15, 0.2) is 0 Å². The number of halogens is 2. The average molecular weight is 323 g/mol. The van der Waals surface area contributed by atoms with Crippen LogP contribution in [0.15, 0.2) is 42.5 Å². The van der Waals surface area contributed by atoms with Crippen molar-refractivity contribution in [2.45, 2.75) is 6.54 Å². The summed E-state index contributed by atoms with van der Waals surface area (Å²) in [5, 5.41) is 2.49. The fourth-order valence-corrected chi connectivity index (χ4v) is 2.13. The molecule has 0 aliphatic rings. The molecular weight excluding hydrogens is 311 g/mol. The minimum absolute atomic E-state index is 0.0992. The van der Waals surface area contributed by atoms with E-state index >= 15 is 0 Å². The maximum Gasteiger partial charge on any atom is 0.253 e. The van der Waals surface area contributed by atoms with Crippen LogP contribution in [0.3, 0.4) is 0 Å². The first-order chi connectivity index (χ1) is 9.99. The first kappa shape index (κ1) is 15.4. The van der Waals surface area contributed by atoms with Gasteiger partial charge >= 0.3 is 0 Å². The van der Waals surface area contributed by atoms with Crippen molar-refractivity contribution in [2.24, 2.45) is 5.73 Å². The predicted molar refractivity (Wildman–Crippen MR) is 84.9 cm³/mol. The number of amides is 1. The molecule has 0 saturated heterocycles. The third kappa shape index (κ3) is 3.77. The fourth-order valence-electron chi connectivity index (χ4n) is 1.79. The molecule has 108 valence electrons. The summed E-state index contributed by atoms with van der Waals surface area (Å²) in [6.45, 7) is 0.266. The van der Waals surface area contributed by atoms with Gasteiger partial charge in [0, 0.05) is 12.1 Å². The van der Waals surface area contributed by atoms with Gasteiger partial charge in [-0.3, -0.25) is 4.79 Å². The van der Waals surface area contributed by atoms with E-state index in [-0.39, 0.29) is 22.1 Å². The van der Waals surface area contributed by atoms with Crippen molar-refractivity contribution in [2.75, 3.05) is 0 Å². The Morgan fingerprint density at radius 1 is 1.29 bits per heavy atom. The van der Waals surface area contributed by atoms with Gasteiger partial charge in [0.1, 0.15) is 10.8 Å². The standard InChI is InChI=1S/C15H12ClFN2OS/c16-13-11(5-2-6-12(13)17)15(20)19-8-9-3-1-4-10(7-9)14(18)21/h1-7H,8H2,(H2,18,21)(H,19,20). The lowest BCUT2D eigenvalue weighted by Gasteiger charge is -2.08. The number of nitrogens with one attached hydrogen (secondary N) is 1. The van der Waals surface area contributed by atoms with Gasteiger partial charge in [-0.05, 0) is 23.8 Å². The minimum atomic E-state index is -0.625. The molecule has 2 rings (SSSR count). The Labute approximate surface area is 131 Å². The van der Waals surface area contributed by atoms with Crippen LogP contribution in [0.1, 0.15) is 21.5 Å². The maximum absolute atomic E-state index is 13.3. The maximum atomic E-state index is 13.3. The normalized spacial score (nSPS) is 10.2. The average Bonchev–Trinajstić information content (AvgIpc) is 2.48. The molecule has 0 heterocycles. The zero-order valence-electron chi connectivity index (χ0n) is 10.9. The third-order valence-electron chi connectivity index (χ3n) is 2.86. The number of nitrogens with two attached hydrogens (primary N) is 1. The van der Waals surface area contributed by atoms with Gasteiger partial charge in [-0.25, -0.2) is 4.39 Å². The number of rotatable bonds is 4. The molecular formula is C15H12ClFN2OS. The molecule has 0 aliphatic carbocycles. The highest BCUT2D eigenvalue weighted by Gasteiger charge is 2.13. The summed E-state index contributed by atoms with van der Waals surface area (Å²) in [6, 6.07) is 11.3. The second kappa shape index (κ2) is 6.65. The lowest BCUT2D eigenvalue weighted by molar-refractivity contribution is 0.0950. The lowest BCUT2D eigenvalue weighted by atomic mass is 10.1. The largest absolute Gasteiger partial charge is 0.389 e. The molecule has 6 heteroatoms. The van der Waals surface area contributed by atoms with Crippen LogP contribution in [-0.2, 0) is 6.54 Å². The van der Waals surface area contributed by atoms with Gasteiger partial charge in [-0.1, -0.05) is 48.1 Å². The summed E-state index contributed by atoms with van der Waals surface area (Å²) in [4.78, 5) is 12.3. The molecule has 0 spiro atoms. The van der Waals surface area contributed by atoms with Gasteiger partial charge in [0.2, 0.25) is 0 Å². The predicted octanol–water partition coefficient (Wildman–Crippen LogP) is 3.04. The molecule has 0 saturated carbocycles. The van der Waals surface area contributed by atoms with E-state index in [1.165, 1.54) is 18.2 Å². The number of carbonyl (C=O) groups excluding carboxylic acids is 1. The van der Waals surface area contributed by atoms with Crippen molar-refractivity contribution in [3.63, 3.8) is 0 Å². The van der Waals surface area contributed by atoms with Gasteiger partial charge in [0.05, 0.1) is 10.6 Å². The molecule has 0 bridgehead atoms. The Kier molecular flexibility index (Phi) is 4.88. The summed E-state index contributed by atoms with van der Waals surface area (Å²) >= 11 is 10.7. The van der Waals surface area contributed by atoms with Crippen LogP contribution in [0.2, 0.25) is 5.02 Å². The van der Waals surface area contributed by atoms with E-state index in [2.05, 4.69) is 5.32 Å². The molecule has 3 N–H and O–H groups in total. The zero-order chi connectivity index (χ0) is 15.4. The fraction of sp³-hybridized carbons (Fsp3) is 0.0667. The van der Waals surface area contributed by atoms with Crippen molar-refractivity contribution in [3.05, 3.63) is 70.0 Å². The minimum Gasteiger partial charge on any atom is -0.389 e. The number of benzene rings is 2. The topological polar surface area (TPSA) is 55.1 Å². The number of thiocarbonyl (C=S) groups is 1. The molecule has 0 fully saturated rings. The molecule has 3 nitrogen and oxygen atoms in total. The summed E-state index contributed by atoms with van der Waals surface area (Å²) in [5.74, 6) is -1.07. The second-order valence-corrected chi connectivity index (χ2v) is 5.17. The summed E-state index contributed by atoms with van der Waals surface area (Å²) in [6.07, 6.45) is 0. The molecule has 0 aromatic heterocycles. The Hall–Kier alpha value is -1.98. The van der Waals surface area contributed by atoms with Crippen molar-refractivity contribution >= 4 is 34.7 Å². The lowest BCUT2D eigenvalue weighted by Crippen LogP contribution is -2.23. The SMILES string of the molecule is NC(=S)c1cccc(CNC(=O)c2cccc(F)c2Cl)c1. The molecule has 1 amide bonds. The van der Waals surface area contributed by atoms with E-state index in [4.69, 9.17) is 29.6 Å². The van der Waals surface area contributed by atoms with Crippen LogP contribution in [0.25, 0.3) is 0 Å². The van der Waals surface area contributed by atoms with Crippen LogP contribution in [0, 0.1) is 5.82 Å². The van der Waals surface area contributed by atoms with Crippen LogP contribution < -0.4 is 11.1 Å². The molecule has 21 heavy (non-hydrogen) atoms. The highest BCUT2D eigenvalue weighted by molar-refractivity contribution is 7.80. The summed E-state index contributed by atoms with van der Waals surface area (Å²) in [5.41, 5.74) is 7.21. The highest BCUT2D eigenvalue weighted by Crippen LogP contribution is 2.19. The Morgan fingerprint density at radius 3 is 2.71 bits per heavy atom. The smallest absolute Gasteiger partial charge is 0.253 e. The number of carbonyl (C=O) groups is 1. The van der Waals surface area contributed by atoms with Crippen molar-refractivity contribution in [3.8, 4) is 0 Å². The number of hydrogen-bond donors (Lipinski definition) is 2. The molecule has 0 unspecified atom stereocenters. The van der Waals surface area contributed by atoms with E-state index in [9.17, 15) is 9.18 Å². The van der Waals surface area contributed by atoms with E-state index in [0.717, 1.165) is 11.1 Å². The number of hydrogen-bond acceptors (Lipinski definition) is 2. The Morgan fingerprint density at radius 2 is 2.00 bits per heavy atom. The first-order valence-corrected chi connectivity index (χ1v) is 6.88. The quantitative estimate of drug-likeness (QED) is 0.851. The summed E-state index contributed by atoms with van der Waals surface area (Å²) in [7, 11) is 0. The van der Waals surface area contributed by atoms with Gasteiger partial charge in [-0.2, -0.15) is 0 Å². The Bertz CT molecular complexity index is 706. The van der Waals surface area contributed by atoms with Crippen molar-refractivity contribution in [1.29, 1.82) is 0 Å². The van der Waals surface area contributed by atoms with Crippen molar-refractivity contribution in [1.82, 2.24) is 5.32 Å². The molecule has 0 radical (unpaired) electrons.